The Balaban J connectivity index is 2.10. The van der Waals surface area contributed by atoms with Gasteiger partial charge >= 0.3 is 5.97 Å². The Morgan fingerprint density at radius 1 is 1.52 bits per heavy atom. The van der Waals surface area contributed by atoms with E-state index in [0.29, 0.717) is 17.7 Å². The molecule has 0 bridgehead atoms. The zero-order valence-electron chi connectivity index (χ0n) is 12.5. The highest BCUT2D eigenvalue weighted by Crippen LogP contribution is 2.22. The average molecular weight is 317 g/mol. The topological polar surface area (TPSA) is 88.1 Å². The maximum atomic E-state index is 12.6. The molecule has 0 saturated carbocycles. The van der Waals surface area contributed by atoms with Crippen molar-refractivity contribution in [1.82, 2.24) is 15.4 Å². The van der Waals surface area contributed by atoms with Crippen molar-refractivity contribution in [3.8, 4) is 23.5 Å². The minimum Gasteiger partial charge on any atom is -0.476 e. The molecule has 1 atom stereocenters. The first kappa shape index (κ1) is 16.5. The predicted octanol–water partition coefficient (Wildman–Crippen LogP) is 3.03. The molecule has 2 aromatic rings. The number of carboxylic acids is 1. The first-order chi connectivity index (χ1) is 11.1. The van der Waals surface area contributed by atoms with Crippen LogP contribution in [0.1, 0.15) is 35.8 Å². The minimum absolute atomic E-state index is 0.0461. The van der Waals surface area contributed by atoms with E-state index in [4.69, 9.17) is 9.84 Å². The number of benzene rings is 1. The van der Waals surface area contributed by atoms with Crippen molar-refractivity contribution in [1.29, 1.82) is 0 Å². The van der Waals surface area contributed by atoms with Gasteiger partial charge in [0.2, 0.25) is 5.69 Å². The van der Waals surface area contributed by atoms with Gasteiger partial charge in [0.25, 0.3) is 5.88 Å². The summed E-state index contributed by atoms with van der Waals surface area (Å²) in [5, 5.41) is 18.2. The summed E-state index contributed by atoms with van der Waals surface area (Å²) in [5.74, 6) is 4.91. The second-order valence-corrected chi connectivity index (χ2v) is 4.86. The van der Waals surface area contributed by atoms with Gasteiger partial charge in [0.15, 0.2) is 0 Å². The van der Waals surface area contributed by atoms with Gasteiger partial charge in [0, 0.05) is 12.0 Å². The van der Waals surface area contributed by atoms with Gasteiger partial charge in [-0.1, -0.05) is 35.1 Å². The lowest BCUT2D eigenvalue weighted by Crippen LogP contribution is -1.99. The Morgan fingerprint density at radius 3 is 3.04 bits per heavy atom. The molecule has 1 aromatic heterocycles. The van der Waals surface area contributed by atoms with Crippen LogP contribution < -0.4 is 4.74 Å². The van der Waals surface area contributed by atoms with E-state index >= 15 is 0 Å². The SMILES string of the molecule is CCC(CF)CC#Cc1cccc(Oc2nn[nH]c2C(=O)O)c1. The quantitative estimate of drug-likeness (QED) is 0.800. The number of aromatic nitrogens is 3. The molecule has 0 aliphatic heterocycles. The van der Waals surface area contributed by atoms with Crippen molar-refractivity contribution in [2.24, 2.45) is 5.92 Å². The molecular formula is C16H16FN3O3. The van der Waals surface area contributed by atoms with Crippen molar-refractivity contribution in [3.63, 3.8) is 0 Å². The fraction of sp³-hybridized carbons (Fsp3) is 0.312. The molecule has 7 heteroatoms. The van der Waals surface area contributed by atoms with E-state index in [9.17, 15) is 9.18 Å². The van der Waals surface area contributed by atoms with Gasteiger partial charge in [-0.15, -0.1) is 0 Å². The third kappa shape index (κ3) is 4.54. The van der Waals surface area contributed by atoms with Crippen molar-refractivity contribution >= 4 is 5.97 Å². The molecule has 0 radical (unpaired) electrons. The third-order valence-corrected chi connectivity index (χ3v) is 3.20. The van der Waals surface area contributed by atoms with Crippen LogP contribution in [0.5, 0.6) is 11.6 Å². The second-order valence-electron chi connectivity index (χ2n) is 4.86. The fourth-order valence-electron chi connectivity index (χ4n) is 1.78. The van der Waals surface area contributed by atoms with Crippen LogP contribution >= 0.6 is 0 Å². The molecule has 1 heterocycles. The molecule has 0 fully saturated rings. The summed E-state index contributed by atoms with van der Waals surface area (Å²) in [7, 11) is 0. The lowest BCUT2D eigenvalue weighted by molar-refractivity contribution is 0.0687. The number of H-pyrrole nitrogens is 1. The molecule has 1 aromatic carbocycles. The van der Waals surface area contributed by atoms with E-state index in [-0.39, 0.29) is 24.2 Å². The molecule has 0 aliphatic carbocycles. The number of rotatable bonds is 6. The number of nitrogens with one attached hydrogen (secondary N) is 1. The third-order valence-electron chi connectivity index (χ3n) is 3.20. The van der Waals surface area contributed by atoms with E-state index in [1.807, 2.05) is 6.92 Å². The lowest BCUT2D eigenvalue weighted by Gasteiger charge is -2.04. The highest BCUT2D eigenvalue weighted by atomic mass is 19.1. The number of alkyl halides is 1. The fourth-order valence-corrected chi connectivity index (χ4v) is 1.78. The normalized spacial score (nSPS) is 11.4. The molecule has 23 heavy (non-hydrogen) atoms. The van der Waals surface area contributed by atoms with Crippen LogP contribution in [0.25, 0.3) is 0 Å². The summed E-state index contributed by atoms with van der Waals surface area (Å²) in [4.78, 5) is 11.0. The summed E-state index contributed by atoms with van der Waals surface area (Å²) in [5.41, 5.74) is 0.465. The van der Waals surface area contributed by atoms with Crippen LogP contribution in [0.2, 0.25) is 0 Å². The largest absolute Gasteiger partial charge is 0.476 e. The zero-order valence-corrected chi connectivity index (χ0v) is 12.5. The van der Waals surface area contributed by atoms with E-state index in [1.54, 1.807) is 24.3 Å². The van der Waals surface area contributed by atoms with Crippen LogP contribution in [-0.2, 0) is 0 Å². The predicted molar refractivity (Wildman–Crippen MR) is 81.1 cm³/mol. The minimum atomic E-state index is -1.21. The molecule has 120 valence electrons. The summed E-state index contributed by atoms with van der Waals surface area (Å²) >= 11 is 0. The van der Waals surface area contributed by atoms with Gasteiger partial charge in [-0.2, -0.15) is 0 Å². The van der Waals surface area contributed by atoms with Gasteiger partial charge < -0.3 is 9.84 Å². The number of aromatic carboxylic acids is 1. The van der Waals surface area contributed by atoms with Crippen LogP contribution in [0.15, 0.2) is 24.3 Å². The van der Waals surface area contributed by atoms with Gasteiger partial charge in [-0.3, -0.25) is 4.39 Å². The summed E-state index contributed by atoms with van der Waals surface area (Å²) in [6.07, 6.45) is 1.24. The molecule has 0 spiro atoms. The van der Waals surface area contributed by atoms with Gasteiger partial charge in [-0.25, -0.2) is 9.89 Å². The van der Waals surface area contributed by atoms with Crippen LogP contribution in [0.4, 0.5) is 4.39 Å². The van der Waals surface area contributed by atoms with Crippen molar-refractivity contribution in [2.75, 3.05) is 6.67 Å². The second kappa shape index (κ2) is 7.94. The lowest BCUT2D eigenvalue weighted by atomic mass is 10.0. The monoisotopic (exact) mass is 317 g/mol. The Kier molecular flexibility index (Phi) is 5.69. The van der Waals surface area contributed by atoms with Crippen molar-refractivity contribution in [2.45, 2.75) is 19.8 Å². The molecular weight excluding hydrogens is 301 g/mol. The Labute approximate surface area is 132 Å². The van der Waals surface area contributed by atoms with E-state index in [0.717, 1.165) is 6.42 Å². The van der Waals surface area contributed by atoms with Crippen LogP contribution in [0.3, 0.4) is 0 Å². The molecule has 6 nitrogen and oxygen atoms in total. The summed E-state index contributed by atoms with van der Waals surface area (Å²) in [6.45, 7) is 1.55. The van der Waals surface area contributed by atoms with Gasteiger partial charge in [0.1, 0.15) is 5.75 Å². The Bertz CT molecular complexity index is 729. The Morgan fingerprint density at radius 2 is 2.35 bits per heavy atom. The number of ether oxygens (including phenoxy) is 1. The molecule has 0 amide bonds. The van der Waals surface area contributed by atoms with Crippen molar-refractivity contribution < 1.29 is 19.0 Å². The molecule has 0 saturated heterocycles. The molecule has 2 N–H and O–H groups in total. The average Bonchev–Trinajstić information content (AvgIpc) is 3.00. The summed E-state index contributed by atoms with van der Waals surface area (Å²) < 4.78 is 18.0. The highest BCUT2D eigenvalue weighted by Gasteiger charge is 2.16. The first-order valence-corrected chi connectivity index (χ1v) is 7.11. The number of nitrogens with zero attached hydrogens (tertiary/aromatic N) is 2. The Hall–Kier alpha value is -2.88. The standard InChI is InChI=1S/C16H16FN3O3/c1-2-11(10-17)5-3-6-12-7-4-8-13(9-12)23-15-14(16(21)22)18-20-19-15/h4,7-9,11H,2,5,10H2,1H3,(H,21,22)(H,18,19,20). The zero-order chi connectivity index (χ0) is 16.7. The van der Waals surface area contributed by atoms with Crippen molar-refractivity contribution in [3.05, 3.63) is 35.5 Å². The van der Waals surface area contributed by atoms with Crippen LogP contribution in [-0.4, -0.2) is 33.2 Å². The highest BCUT2D eigenvalue weighted by molar-refractivity contribution is 5.87. The van der Waals surface area contributed by atoms with E-state index in [2.05, 4.69) is 27.3 Å². The van der Waals surface area contributed by atoms with Gasteiger partial charge in [-0.05, 0) is 30.5 Å². The van der Waals surface area contributed by atoms with E-state index in [1.165, 1.54) is 0 Å². The number of halogens is 1. The number of carbonyl (C=O) groups is 1. The first-order valence-electron chi connectivity index (χ1n) is 7.11. The maximum Gasteiger partial charge on any atom is 0.359 e. The molecule has 0 aliphatic rings. The van der Waals surface area contributed by atoms with E-state index < -0.39 is 5.97 Å². The summed E-state index contributed by atoms with van der Waals surface area (Å²) in [6, 6.07) is 6.83. The van der Waals surface area contributed by atoms with Crippen LogP contribution in [0, 0.1) is 17.8 Å². The molecule has 1 unspecified atom stereocenters. The molecule has 2 rings (SSSR count). The number of hydrogen-bond acceptors (Lipinski definition) is 4. The number of aromatic amines is 1. The maximum absolute atomic E-state index is 12.6. The van der Waals surface area contributed by atoms with Gasteiger partial charge in [0.05, 0.1) is 6.67 Å². The number of hydrogen-bond donors (Lipinski definition) is 2. The number of carboxylic acid groups (broad SMARTS) is 1. The smallest absolute Gasteiger partial charge is 0.359 e.